The summed E-state index contributed by atoms with van der Waals surface area (Å²) in [6.45, 7) is 3.82. The van der Waals surface area contributed by atoms with E-state index >= 15 is 0 Å². The summed E-state index contributed by atoms with van der Waals surface area (Å²) >= 11 is 5.92. The van der Waals surface area contributed by atoms with Gasteiger partial charge in [-0.25, -0.2) is 4.79 Å². The zero-order valence-electron chi connectivity index (χ0n) is 12.1. The number of anilines is 1. The summed E-state index contributed by atoms with van der Waals surface area (Å²) in [4.78, 5) is 16.1. The van der Waals surface area contributed by atoms with Crippen LogP contribution in [0.3, 0.4) is 0 Å². The minimum atomic E-state index is -0.911. The standard InChI is InChI=1S/C16H21ClN2O2/c17-12-5-6-15(14(11-12)16(20)21)19-9-7-18(8-10-19)13-3-1-2-4-13/h5-6,11,13H,1-4,7-10H2,(H,20,21). The lowest BCUT2D eigenvalue weighted by atomic mass is 10.1. The molecule has 0 amide bonds. The number of carboxylic acid groups (broad SMARTS) is 1. The second-order valence-corrected chi connectivity index (χ2v) is 6.36. The number of carbonyl (C=O) groups is 1. The van der Waals surface area contributed by atoms with Gasteiger partial charge in [0.25, 0.3) is 0 Å². The lowest BCUT2D eigenvalue weighted by Crippen LogP contribution is -2.50. The fraction of sp³-hybridized carbons (Fsp3) is 0.562. The van der Waals surface area contributed by atoms with E-state index in [1.54, 1.807) is 12.1 Å². The molecule has 5 heteroatoms. The summed E-state index contributed by atoms with van der Waals surface area (Å²) in [5.41, 5.74) is 1.09. The second-order valence-electron chi connectivity index (χ2n) is 5.93. The van der Waals surface area contributed by atoms with Crippen molar-refractivity contribution in [3.63, 3.8) is 0 Å². The van der Waals surface area contributed by atoms with Crippen LogP contribution in [0.25, 0.3) is 0 Å². The molecule has 1 aromatic carbocycles. The number of nitrogens with zero attached hydrogens (tertiary/aromatic N) is 2. The lowest BCUT2D eigenvalue weighted by Gasteiger charge is -2.39. The molecule has 1 N–H and O–H groups in total. The van der Waals surface area contributed by atoms with Crippen LogP contribution in [0.2, 0.25) is 5.02 Å². The highest BCUT2D eigenvalue weighted by Gasteiger charge is 2.27. The number of hydrogen-bond acceptors (Lipinski definition) is 3. The van der Waals surface area contributed by atoms with E-state index in [9.17, 15) is 9.90 Å². The van der Waals surface area contributed by atoms with Gasteiger partial charge in [0, 0.05) is 37.2 Å². The third-order valence-electron chi connectivity index (χ3n) is 4.69. The number of carboxylic acids is 1. The minimum Gasteiger partial charge on any atom is -0.478 e. The molecule has 0 spiro atoms. The van der Waals surface area contributed by atoms with Gasteiger partial charge in [-0.2, -0.15) is 0 Å². The third-order valence-corrected chi connectivity index (χ3v) is 4.92. The normalized spacial score (nSPS) is 20.9. The fourth-order valence-corrected chi connectivity index (χ4v) is 3.72. The molecule has 1 saturated carbocycles. The first kappa shape index (κ1) is 14.7. The van der Waals surface area contributed by atoms with Crippen molar-refractivity contribution in [2.24, 2.45) is 0 Å². The average Bonchev–Trinajstić information content (AvgIpc) is 3.01. The molecule has 4 nitrogen and oxygen atoms in total. The van der Waals surface area contributed by atoms with E-state index in [0.717, 1.165) is 37.9 Å². The first-order chi connectivity index (χ1) is 10.1. The van der Waals surface area contributed by atoms with Gasteiger partial charge in [0.2, 0.25) is 0 Å². The molecular formula is C16H21ClN2O2. The Morgan fingerprint density at radius 1 is 1.14 bits per heavy atom. The van der Waals surface area contributed by atoms with Crippen LogP contribution in [0.5, 0.6) is 0 Å². The van der Waals surface area contributed by atoms with E-state index in [0.29, 0.717) is 10.6 Å². The summed E-state index contributed by atoms with van der Waals surface area (Å²) in [6.07, 6.45) is 5.35. The Bertz CT molecular complexity index is 521. The molecular weight excluding hydrogens is 288 g/mol. The van der Waals surface area contributed by atoms with Crippen molar-refractivity contribution >= 4 is 23.3 Å². The molecule has 1 aliphatic heterocycles. The molecule has 0 radical (unpaired) electrons. The molecule has 2 fully saturated rings. The number of aromatic carboxylic acids is 1. The quantitative estimate of drug-likeness (QED) is 0.932. The Morgan fingerprint density at radius 3 is 2.43 bits per heavy atom. The van der Waals surface area contributed by atoms with E-state index in [2.05, 4.69) is 9.80 Å². The van der Waals surface area contributed by atoms with Gasteiger partial charge in [-0.3, -0.25) is 4.90 Å². The Hall–Kier alpha value is -1.26. The number of rotatable bonds is 3. The van der Waals surface area contributed by atoms with Crippen molar-refractivity contribution in [2.45, 2.75) is 31.7 Å². The molecule has 1 aliphatic carbocycles. The van der Waals surface area contributed by atoms with Crippen LogP contribution in [0.15, 0.2) is 18.2 Å². The van der Waals surface area contributed by atoms with Gasteiger partial charge in [-0.05, 0) is 31.0 Å². The van der Waals surface area contributed by atoms with Crippen molar-refractivity contribution in [1.29, 1.82) is 0 Å². The SMILES string of the molecule is O=C(O)c1cc(Cl)ccc1N1CCN(C2CCCC2)CC1. The van der Waals surface area contributed by atoms with E-state index in [4.69, 9.17) is 11.6 Å². The monoisotopic (exact) mass is 308 g/mol. The number of halogens is 1. The molecule has 2 aliphatic rings. The summed E-state index contributed by atoms with van der Waals surface area (Å²) in [5.74, 6) is -0.911. The van der Waals surface area contributed by atoms with Gasteiger partial charge in [0.1, 0.15) is 0 Å². The molecule has 0 unspecified atom stereocenters. The van der Waals surface area contributed by atoms with Crippen LogP contribution >= 0.6 is 11.6 Å². The topological polar surface area (TPSA) is 43.8 Å². The zero-order valence-corrected chi connectivity index (χ0v) is 12.9. The molecule has 0 aromatic heterocycles. The molecule has 114 valence electrons. The van der Waals surface area contributed by atoms with E-state index in [1.165, 1.54) is 25.7 Å². The first-order valence-corrected chi connectivity index (χ1v) is 8.05. The maximum atomic E-state index is 11.4. The van der Waals surface area contributed by atoms with E-state index in [-0.39, 0.29) is 0 Å². The van der Waals surface area contributed by atoms with Crippen molar-refractivity contribution in [3.8, 4) is 0 Å². The molecule has 1 heterocycles. The summed E-state index contributed by atoms with van der Waals surface area (Å²) in [6, 6.07) is 5.89. The van der Waals surface area contributed by atoms with Crippen molar-refractivity contribution in [1.82, 2.24) is 4.90 Å². The van der Waals surface area contributed by atoms with E-state index in [1.807, 2.05) is 6.07 Å². The molecule has 0 atom stereocenters. The van der Waals surface area contributed by atoms with Crippen LogP contribution in [-0.2, 0) is 0 Å². The molecule has 21 heavy (non-hydrogen) atoms. The van der Waals surface area contributed by atoms with Crippen molar-refractivity contribution < 1.29 is 9.90 Å². The lowest BCUT2D eigenvalue weighted by molar-refractivity contribution is 0.0697. The first-order valence-electron chi connectivity index (χ1n) is 7.67. The largest absolute Gasteiger partial charge is 0.478 e. The van der Waals surface area contributed by atoms with E-state index < -0.39 is 5.97 Å². The number of piperazine rings is 1. The number of benzene rings is 1. The van der Waals surface area contributed by atoms with Gasteiger partial charge in [0.15, 0.2) is 0 Å². The Kier molecular flexibility index (Phi) is 4.36. The highest BCUT2D eigenvalue weighted by molar-refractivity contribution is 6.31. The maximum Gasteiger partial charge on any atom is 0.337 e. The van der Waals surface area contributed by atoms with Crippen LogP contribution in [-0.4, -0.2) is 48.2 Å². The van der Waals surface area contributed by atoms with Crippen LogP contribution in [0, 0.1) is 0 Å². The van der Waals surface area contributed by atoms with Gasteiger partial charge >= 0.3 is 5.97 Å². The highest BCUT2D eigenvalue weighted by atomic mass is 35.5. The van der Waals surface area contributed by atoms with Crippen LogP contribution < -0.4 is 4.90 Å². The summed E-state index contributed by atoms with van der Waals surface area (Å²) in [5, 5.41) is 9.82. The minimum absolute atomic E-state index is 0.303. The summed E-state index contributed by atoms with van der Waals surface area (Å²) < 4.78 is 0. The Morgan fingerprint density at radius 2 is 1.81 bits per heavy atom. The van der Waals surface area contributed by atoms with Crippen LogP contribution in [0.1, 0.15) is 36.0 Å². The molecule has 0 bridgehead atoms. The smallest absolute Gasteiger partial charge is 0.337 e. The number of hydrogen-bond donors (Lipinski definition) is 1. The Balaban J connectivity index is 1.70. The third kappa shape index (κ3) is 3.16. The fourth-order valence-electron chi connectivity index (χ4n) is 3.55. The Labute approximate surface area is 130 Å². The van der Waals surface area contributed by atoms with Gasteiger partial charge in [-0.15, -0.1) is 0 Å². The second kappa shape index (κ2) is 6.24. The highest BCUT2D eigenvalue weighted by Crippen LogP contribution is 2.28. The molecule has 1 aromatic rings. The van der Waals surface area contributed by atoms with Crippen molar-refractivity contribution in [2.75, 3.05) is 31.1 Å². The predicted octanol–water partition coefficient (Wildman–Crippen LogP) is 3.10. The zero-order chi connectivity index (χ0) is 14.8. The van der Waals surface area contributed by atoms with Gasteiger partial charge in [0.05, 0.1) is 11.3 Å². The molecule has 1 saturated heterocycles. The molecule has 3 rings (SSSR count). The summed E-state index contributed by atoms with van der Waals surface area (Å²) in [7, 11) is 0. The van der Waals surface area contributed by atoms with Gasteiger partial charge < -0.3 is 10.0 Å². The predicted molar refractivity (Wildman–Crippen MR) is 84.5 cm³/mol. The van der Waals surface area contributed by atoms with Gasteiger partial charge in [-0.1, -0.05) is 24.4 Å². The van der Waals surface area contributed by atoms with Crippen LogP contribution in [0.4, 0.5) is 5.69 Å². The maximum absolute atomic E-state index is 11.4. The van der Waals surface area contributed by atoms with Crippen molar-refractivity contribution in [3.05, 3.63) is 28.8 Å². The average molecular weight is 309 g/mol.